The molecule has 0 N–H and O–H groups in total. The molecule has 0 saturated carbocycles. The molecule has 4 rings (SSSR count). The molecule has 142 valence electrons. The molecule has 1 aliphatic heterocycles. The molecule has 0 aliphatic carbocycles. The van der Waals surface area contributed by atoms with E-state index in [4.69, 9.17) is 0 Å². The fraction of sp³-hybridized carbons (Fsp3) is 0.353. The van der Waals surface area contributed by atoms with Gasteiger partial charge in [-0.25, -0.2) is 13.4 Å². The van der Waals surface area contributed by atoms with Gasteiger partial charge in [-0.3, -0.25) is 9.48 Å². The zero-order chi connectivity index (χ0) is 19.0. The molecule has 27 heavy (non-hydrogen) atoms. The molecule has 3 heterocycles. The Kier molecular flexibility index (Phi) is 4.70. The zero-order valence-corrected chi connectivity index (χ0v) is 16.4. The Morgan fingerprint density at radius 2 is 2.04 bits per heavy atom. The maximum absolute atomic E-state index is 12.9. The maximum atomic E-state index is 12.9. The Bertz CT molecular complexity index is 1090. The van der Waals surface area contributed by atoms with E-state index in [1.807, 2.05) is 12.1 Å². The first kappa shape index (κ1) is 18.1. The van der Waals surface area contributed by atoms with Crippen molar-refractivity contribution in [2.45, 2.75) is 11.3 Å². The largest absolute Gasteiger partial charge is 0.337 e. The highest BCUT2D eigenvalue weighted by Gasteiger charge is 2.29. The third-order valence-corrected chi connectivity index (χ3v) is 7.28. The molecule has 0 spiro atoms. The van der Waals surface area contributed by atoms with E-state index in [-0.39, 0.29) is 17.3 Å². The highest BCUT2D eigenvalue weighted by atomic mass is 32.2. The predicted molar refractivity (Wildman–Crippen MR) is 102 cm³/mol. The number of rotatable bonds is 3. The lowest BCUT2D eigenvalue weighted by atomic mass is 10.2. The average molecular weight is 406 g/mol. The molecule has 1 fully saturated rings. The average Bonchev–Trinajstić information content (AvgIpc) is 3.22. The van der Waals surface area contributed by atoms with Crippen molar-refractivity contribution < 1.29 is 13.2 Å². The Hall–Kier alpha value is -2.30. The van der Waals surface area contributed by atoms with E-state index in [1.165, 1.54) is 32.7 Å². The van der Waals surface area contributed by atoms with Gasteiger partial charge >= 0.3 is 0 Å². The summed E-state index contributed by atoms with van der Waals surface area (Å²) >= 11 is 1.50. The summed E-state index contributed by atoms with van der Waals surface area (Å²) in [7, 11) is -1.91. The molecule has 3 aromatic rings. The van der Waals surface area contributed by atoms with E-state index < -0.39 is 10.0 Å². The van der Waals surface area contributed by atoms with Crippen LogP contribution in [0.1, 0.15) is 16.8 Å². The minimum absolute atomic E-state index is 0.0778. The molecule has 1 aliphatic rings. The summed E-state index contributed by atoms with van der Waals surface area (Å²) in [5, 5.41) is 3.95. The van der Waals surface area contributed by atoms with Crippen LogP contribution in [0.3, 0.4) is 0 Å². The fourth-order valence-corrected chi connectivity index (χ4v) is 5.36. The first-order chi connectivity index (χ1) is 12.9. The Morgan fingerprint density at radius 1 is 1.19 bits per heavy atom. The Morgan fingerprint density at radius 3 is 2.81 bits per heavy atom. The monoisotopic (exact) mass is 405 g/mol. The molecule has 0 radical (unpaired) electrons. The normalized spacial score (nSPS) is 16.6. The van der Waals surface area contributed by atoms with Crippen LogP contribution in [0, 0.1) is 0 Å². The molecular formula is C17H19N5O3S2. The molecule has 1 saturated heterocycles. The number of thiazole rings is 1. The van der Waals surface area contributed by atoms with E-state index in [0.717, 1.165) is 10.2 Å². The fourth-order valence-electron chi connectivity index (χ4n) is 3.19. The number of aromatic nitrogens is 3. The summed E-state index contributed by atoms with van der Waals surface area (Å²) in [6.45, 7) is 1.54. The van der Waals surface area contributed by atoms with Crippen LogP contribution in [0.2, 0.25) is 0 Å². The first-order valence-electron chi connectivity index (χ1n) is 8.56. The second-order valence-electron chi connectivity index (χ2n) is 6.43. The van der Waals surface area contributed by atoms with Crippen molar-refractivity contribution in [2.75, 3.05) is 26.2 Å². The van der Waals surface area contributed by atoms with Gasteiger partial charge in [0.05, 0.1) is 21.9 Å². The van der Waals surface area contributed by atoms with Crippen molar-refractivity contribution >= 4 is 37.5 Å². The van der Waals surface area contributed by atoms with Crippen LogP contribution in [-0.4, -0.2) is 64.5 Å². The topological polar surface area (TPSA) is 88.4 Å². The third-order valence-electron chi connectivity index (χ3n) is 4.64. The number of amides is 1. The summed E-state index contributed by atoms with van der Waals surface area (Å²) in [6, 6.07) is 5.47. The van der Waals surface area contributed by atoms with Crippen LogP contribution >= 0.6 is 11.3 Å². The number of carbonyl (C=O) groups is 1. The smallest absolute Gasteiger partial charge is 0.253 e. The van der Waals surface area contributed by atoms with Crippen molar-refractivity contribution in [1.82, 2.24) is 24.0 Å². The number of benzene rings is 1. The SMILES string of the molecule is Cn1cc(S(=O)(=O)N2CCCN(C(=O)c3ccc4ncsc4c3)CC2)cn1. The van der Waals surface area contributed by atoms with Gasteiger partial charge in [0, 0.05) is 45.0 Å². The van der Waals surface area contributed by atoms with E-state index in [0.29, 0.717) is 31.6 Å². The van der Waals surface area contributed by atoms with Gasteiger partial charge in [0.1, 0.15) is 4.90 Å². The molecular weight excluding hydrogens is 386 g/mol. The van der Waals surface area contributed by atoms with Gasteiger partial charge in [-0.2, -0.15) is 9.40 Å². The summed E-state index contributed by atoms with van der Waals surface area (Å²) in [5.41, 5.74) is 3.24. The predicted octanol–water partition coefficient (Wildman–Crippen LogP) is 1.57. The second-order valence-corrected chi connectivity index (χ2v) is 9.26. The molecule has 2 aromatic heterocycles. The van der Waals surface area contributed by atoms with Crippen molar-refractivity contribution in [3.05, 3.63) is 41.7 Å². The standard InChI is InChI=1S/C17H19N5O3S2/c1-20-11-14(10-19-20)27(24,25)22-6-2-5-21(7-8-22)17(23)13-3-4-15-16(9-13)26-12-18-15/h3-4,9-12H,2,5-8H2,1H3. The quantitative estimate of drug-likeness (QED) is 0.660. The molecule has 0 bridgehead atoms. The number of carbonyl (C=O) groups excluding carboxylic acids is 1. The van der Waals surface area contributed by atoms with E-state index in [1.54, 1.807) is 23.5 Å². The van der Waals surface area contributed by atoms with Gasteiger partial charge in [-0.15, -0.1) is 11.3 Å². The summed E-state index contributed by atoms with van der Waals surface area (Å²) in [6.07, 6.45) is 3.44. The Labute approximate surface area is 161 Å². The lowest BCUT2D eigenvalue weighted by molar-refractivity contribution is 0.0764. The number of hydrogen-bond acceptors (Lipinski definition) is 6. The third kappa shape index (κ3) is 3.47. The van der Waals surface area contributed by atoms with Crippen LogP contribution in [0.15, 0.2) is 41.0 Å². The van der Waals surface area contributed by atoms with Gasteiger partial charge in [-0.1, -0.05) is 0 Å². The summed E-state index contributed by atoms with van der Waals surface area (Å²) < 4.78 is 29.4. The van der Waals surface area contributed by atoms with E-state index in [9.17, 15) is 13.2 Å². The molecule has 10 heteroatoms. The van der Waals surface area contributed by atoms with Crippen LogP contribution in [0.25, 0.3) is 10.2 Å². The van der Waals surface area contributed by atoms with Gasteiger partial charge in [-0.05, 0) is 24.6 Å². The molecule has 1 amide bonds. The highest BCUT2D eigenvalue weighted by Crippen LogP contribution is 2.21. The lowest BCUT2D eigenvalue weighted by Crippen LogP contribution is -2.37. The van der Waals surface area contributed by atoms with Crippen molar-refractivity contribution in [1.29, 1.82) is 0 Å². The van der Waals surface area contributed by atoms with Crippen LogP contribution in [-0.2, 0) is 17.1 Å². The number of sulfonamides is 1. The number of nitrogens with zero attached hydrogens (tertiary/aromatic N) is 5. The van der Waals surface area contributed by atoms with Crippen molar-refractivity contribution in [3.8, 4) is 0 Å². The first-order valence-corrected chi connectivity index (χ1v) is 10.9. The van der Waals surface area contributed by atoms with Crippen molar-refractivity contribution in [2.24, 2.45) is 7.05 Å². The highest BCUT2D eigenvalue weighted by molar-refractivity contribution is 7.89. The lowest BCUT2D eigenvalue weighted by Gasteiger charge is -2.21. The molecule has 0 atom stereocenters. The van der Waals surface area contributed by atoms with Gasteiger partial charge < -0.3 is 4.90 Å². The van der Waals surface area contributed by atoms with Gasteiger partial charge in [0.2, 0.25) is 10.0 Å². The van der Waals surface area contributed by atoms with Crippen LogP contribution < -0.4 is 0 Å². The van der Waals surface area contributed by atoms with Crippen LogP contribution in [0.5, 0.6) is 0 Å². The molecule has 1 aromatic carbocycles. The molecule has 8 nitrogen and oxygen atoms in total. The second kappa shape index (κ2) is 7.02. The summed E-state index contributed by atoms with van der Waals surface area (Å²) in [4.78, 5) is 19.0. The Balaban J connectivity index is 1.50. The number of aryl methyl sites for hydroxylation is 1. The van der Waals surface area contributed by atoms with E-state index >= 15 is 0 Å². The minimum Gasteiger partial charge on any atom is -0.337 e. The molecule has 0 unspecified atom stereocenters. The zero-order valence-electron chi connectivity index (χ0n) is 14.8. The maximum Gasteiger partial charge on any atom is 0.253 e. The van der Waals surface area contributed by atoms with Gasteiger partial charge in [0.15, 0.2) is 0 Å². The minimum atomic E-state index is -3.59. The van der Waals surface area contributed by atoms with E-state index in [2.05, 4.69) is 10.1 Å². The number of fused-ring (bicyclic) bond motifs is 1. The van der Waals surface area contributed by atoms with Gasteiger partial charge in [0.25, 0.3) is 5.91 Å². The van der Waals surface area contributed by atoms with Crippen molar-refractivity contribution in [3.63, 3.8) is 0 Å². The summed E-state index contributed by atoms with van der Waals surface area (Å²) in [5.74, 6) is -0.0778. The van der Waals surface area contributed by atoms with Crippen LogP contribution in [0.4, 0.5) is 0 Å². The number of hydrogen-bond donors (Lipinski definition) is 0.